The molecule has 2 aromatic carbocycles. The number of ether oxygens (including phenoxy) is 6. The van der Waals surface area contributed by atoms with Gasteiger partial charge in [0.25, 0.3) is 11.8 Å². The van der Waals surface area contributed by atoms with Gasteiger partial charge in [0.1, 0.15) is 23.8 Å². The molecule has 8 rings (SSSR count). The van der Waals surface area contributed by atoms with Crippen LogP contribution in [0.4, 0.5) is 11.5 Å². The number of fused-ring (bicyclic) bond motifs is 2. The van der Waals surface area contributed by atoms with E-state index in [1.807, 2.05) is 41.4 Å². The van der Waals surface area contributed by atoms with Gasteiger partial charge in [-0.3, -0.25) is 43.9 Å². The molecule has 416 valence electrons. The van der Waals surface area contributed by atoms with Gasteiger partial charge in [0, 0.05) is 75.7 Å². The zero-order valence-electron chi connectivity index (χ0n) is 43.4. The second-order valence-corrected chi connectivity index (χ2v) is 19.6. The minimum absolute atomic E-state index is 0.0552. The van der Waals surface area contributed by atoms with Crippen molar-refractivity contribution in [1.29, 1.82) is 0 Å². The number of rotatable bonds is 30. The molecular formula is C53H70ClN11O12. The van der Waals surface area contributed by atoms with Crippen molar-refractivity contribution in [3.05, 3.63) is 82.8 Å². The fourth-order valence-corrected chi connectivity index (χ4v) is 9.87. The number of halogens is 1. The Bertz CT molecular complexity index is 2630. The molecule has 23 nitrogen and oxygen atoms in total. The number of imide groups is 2. The van der Waals surface area contributed by atoms with E-state index in [0.29, 0.717) is 148 Å². The minimum atomic E-state index is -1.02. The molecule has 0 saturated carbocycles. The molecule has 0 spiro atoms. The lowest BCUT2D eigenvalue weighted by Crippen LogP contribution is -2.60. The van der Waals surface area contributed by atoms with Gasteiger partial charge in [-0.05, 0) is 61.6 Å². The van der Waals surface area contributed by atoms with E-state index in [1.54, 1.807) is 24.5 Å². The highest BCUT2D eigenvalue weighted by molar-refractivity contribution is 6.30. The highest BCUT2D eigenvalue weighted by atomic mass is 35.5. The first-order valence-corrected chi connectivity index (χ1v) is 26.8. The average molecular weight is 1090 g/mol. The molecule has 6 amide bonds. The van der Waals surface area contributed by atoms with E-state index < -0.39 is 35.2 Å². The van der Waals surface area contributed by atoms with Gasteiger partial charge in [-0.2, -0.15) is 0 Å². The maximum Gasteiger partial charge on any atom is 0.264 e. The lowest BCUT2D eigenvalue weighted by Gasteiger charge is -2.39. The maximum atomic E-state index is 13.9. The summed E-state index contributed by atoms with van der Waals surface area (Å²) in [7, 11) is 0. The number of nitrogens with zero attached hydrogens (tertiary/aromatic N) is 6. The summed E-state index contributed by atoms with van der Waals surface area (Å²) < 4.78 is 33.6. The van der Waals surface area contributed by atoms with Crippen molar-refractivity contribution in [2.75, 3.05) is 142 Å². The summed E-state index contributed by atoms with van der Waals surface area (Å²) in [5, 5.41) is 10.2. The first kappa shape index (κ1) is 57.0. The van der Waals surface area contributed by atoms with Gasteiger partial charge in [0.15, 0.2) is 0 Å². The highest BCUT2D eigenvalue weighted by Crippen LogP contribution is 2.33. The Morgan fingerprint density at radius 2 is 1.40 bits per heavy atom. The predicted molar refractivity (Wildman–Crippen MR) is 283 cm³/mol. The third kappa shape index (κ3) is 15.5. The van der Waals surface area contributed by atoms with Crippen molar-refractivity contribution >= 4 is 69.6 Å². The van der Waals surface area contributed by atoms with E-state index in [2.05, 4.69) is 40.7 Å². The third-order valence-corrected chi connectivity index (χ3v) is 14.4. The number of hydrogen-bond acceptors (Lipinski definition) is 18. The summed E-state index contributed by atoms with van der Waals surface area (Å²) in [5.41, 5.74) is 8.41. The van der Waals surface area contributed by atoms with Crippen molar-refractivity contribution in [3.63, 3.8) is 0 Å². The number of anilines is 2. The van der Waals surface area contributed by atoms with E-state index in [1.165, 1.54) is 0 Å². The Hall–Kier alpha value is -6.15. The largest absolute Gasteiger partial charge is 0.382 e. The molecule has 4 aliphatic heterocycles. The monoisotopic (exact) mass is 1090 g/mol. The smallest absolute Gasteiger partial charge is 0.264 e. The quantitative estimate of drug-likeness (QED) is 0.0370. The maximum absolute atomic E-state index is 13.9. The van der Waals surface area contributed by atoms with Gasteiger partial charge < -0.3 is 59.6 Å². The lowest BCUT2D eigenvalue weighted by molar-refractivity contribution is -0.136. The Kier molecular flexibility index (Phi) is 21.1. The Morgan fingerprint density at radius 3 is 2.05 bits per heavy atom. The molecule has 24 heteroatoms. The first-order valence-electron chi connectivity index (χ1n) is 26.4. The number of aromatic amines is 1. The number of nitrogens with one attached hydrogen (secondary N) is 4. The van der Waals surface area contributed by atoms with Crippen LogP contribution in [-0.4, -0.2) is 208 Å². The molecule has 77 heavy (non-hydrogen) atoms. The van der Waals surface area contributed by atoms with Crippen LogP contribution in [0, 0.1) is 0 Å². The van der Waals surface area contributed by atoms with Crippen molar-refractivity contribution in [2.45, 2.75) is 56.1 Å². The molecular weight excluding hydrogens is 1020 g/mol. The SMILES string of the molecule is NC1(C(=O)NC(CCN2CCN(C(=O)CCOCCOCCOCCOCCOCCOCCNc3cccc4c3C(=O)N(C3CCC(=O)NC3=O)C4=O)CC2)c2ccc(Cl)cc2)CCN(c2ncnc3[nH]ccc23)CC1. The summed E-state index contributed by atoms with van der Waals surface area (Å²) in [6.07, 6.45) is 5.46. The Labute approximate surface area is 452 Å². The summed E-state index contributed by atoms with van der Waals surface area (Å²) in [5.74, 6) is -1.48. The van der Waals surface area contributed by atoms with Gasteiger partial charge in [-0.15, -0.1) is 0 Å². The molecule has 4 aromatic rings. The number of hydrogen-bond donors (Lipinski definition) is 5. The lowest BCUT2D eigenvalue weighted by atomic mass is 9.87. The third-order valence-electron chi connectivity index (χ3n) is 14.1. The van der Waals surface area contributed by atoms with Crippen LogP contribution in [-0.2, 0) is 47.6 Å². The van der Waals surface area contributed by atoms with Crippen molar-refractivity contribution in [2.24, 2.45) is 5.73 Å². The zero-order valence-corrected chi connectivity index (χ0v) is 44.1. The van der Waals surface area contributed by atoms with Crippen molar-refractivity contribution in [1.82, 2.24) is 40.3 Å². The standard InChI is InChI=1S/C53H70ClN11O12/c54-38-6-4-37(5-7-38)41(60-52(71)53(55)13-18-64(19-14-53)48-40-10-15-57-47(40)58-36-59-48)11-17-62-20-22-63(23-21-62)45(67)12-24-72-26-28-74-30-32-76-34-35-77-33-31-75-29-27-73-25-16-56-42-3-1-2-39-46(42)51(70)65(50(39)69)43-8-9-44(66)61-49(43)68/h1-7,10,15,36,41,43,56H,8-9,11-14,16-35,55H2,(H,60,71)(H,57,58,59)(H,61,66,68). The second-order valence-electron chi connectivity index (χ2n) is 19.2. The number of H-pyrrole nitrogens is 1. The van der Waals surface area contributed by atoms with E-state index in [9.17, 15) is 28.8 Å². The van der Waals surface area contributed by atoms with E-state index in [4.69, 9.17) is 45.8 Å². The number of benzene rings is 2. The number of carbonyl (C=O) groups excluding carboxylic acids is 6. The molecule has 2 atom stereocenters. The van der Waals surface area contributed by atoms with Crippen LogP contribution < -0.4 is 26.6 Å². The summed E-state index contributed by atoms with van der Waals surface area (Å²) in [4.78, 5) is 96.3. The second kappa shape index (κ2) is 28.5. The molecule has 6 heterocycles. The van der Waals surface area contributed by atoms with Crippen LogP contribution in [0.15, 0.2) is 61.1 Å². The fourth-order valence-electron chi connectivity index (χ4n) is 9.75. The van der Waals surface area contributed by atoms with E-state index in [-0.39, 0.29) is 41.8 Å². The fraction of sp³-hybridized carbons (Fsp3) is 0.547. The average Bonchev–Trinajstić information content (AvgIpc) is 4.02. The van der Waals surface area contributed by atoms with Gasteiger partial charge in [-0.1, -0.05) is 29.8 Å². The Balaban J connectivity index is 0.594. The van der Waals surface area contributed by atoms with Crippen LogP contribution in [0.3, 0.4) is 0 Å². The van der Waals surface area contributed by atoms with E-state index in [0.717, 1.165) is 46.9 Å². The summed E-state index contributed by atoms with van der Waals surface area (Å²) in [6.45, 7) is 9.52. The van der Waals surface area contributed by atoms with Crippen LogP contribution in [0.25, 0.3) is 11.0 Å². The number of amides is 6. The molecule has 0 aliphatic carbocycles. The molecule has 3 saturated heterocycles. The summed E-state index contributed by atoms with van der Waals surface area (Å²) >= 11 is 6.23. The number of aromatic nitrogens is 3. The number of piperidine rings is 2. The highest BCUT2D eigenvalue weighted by Gasteiger charge is 2.46. The zero-order chi connectivity index (χ0) is 54.0. The molecule has 0 bridgehead atoms. The van der Waals surface area contributed by atoms with Crippen LogP contribution in [0.5, 0.6) is 0 Å². The van der Waals surface area contributed by atoms with Gasteiger partial charge in [0.2, 0.25) is 23.6 Å². The topological polar surface area (TPSA) is 274 Å². The number of carbonyl (C=O) groups is 6. The molecule has 0 radical (unpaired) electrons. The number of piperazine rings is 1. The van der Waals surface area contributed by atoms with Crippen LogP contribution in [0.1, 0.15) is 70.8 Å². The first-order chi connectivity index (χ1) is 37.5. The van der Waals surface area contributed by atoms with Crippen molar-refractivity contribution < 1.29 is 57.2 Å². The minimum Gasteiger partial charge on any atom is -0.382 e. The molecule has 2 unspecified atom stereocenters. The molecule has 6 N–H and O–H groups in total. The van der Waals surface area contributed by atoms with Crippen LogP contribution >= 0.6 is 11.6 Å². The predicted octanol–water partition coefficient (Wildman–Crippen LogP) is 2.30. The van der Waals surface area contributed by atoms with Gasteiger partial charge >= 0.3 is 0 Å². The van der Waals surface area contributed by atoms with Crippen molar-refractivity contribution in [3.8, 4) is 0 Å². The van der Waals surface area contributed by atoms with Gasteiger partial charge in [-0.25, -0.2) is 9.97 Å². The molecule has 2 aromatic heterocycles. The molecule has 3 fully saturated rings. The van der Waals surface area contributed by atoms with Gasteiger partial charge in [0.05, 0.1) is 114 Å². The summed E-state index contributed by atoms with van der Waals surface area (Å²) in [6, 6.07) is 13.1. The Morgan fingerprint density at radius 1 is 0.766 bits per heavy atom. The van der Waals surface area contributed by atoms with E-state index >= 15 is 0 Å². The molecule has 4 aliphatic rings. The number of nitrogens with two attached hydrogens (primary N) is 1. The van der Waals surface area contributed by atoms with Crippen LogP contribution in [0.2, 0.25) is 5.02 Å². The normalized spacial score (nSPS) is 18.2.